The number of ether oxygens (including phenoxy) is 1. The molecule has 0 unspecified atom stereocenters. The Labute approximate surface area is 186 Å². The highest BCUT2D eigenvalue weighted by Crippen LogP contribution is 2.34. The molecule has 1 aliphatic rings. The highest BCUT2D eigenvalue weighted by Gasteiger charge is 2.38. The minimum absolute atomic E-state index is 0.122. The number of nitrogens with one attached hydrogen (secondary N) is 2. The fourth-order valence-electron chi connectivity index (χ4n) is 3.86. The van der Waals surface area contributed by atoms with Gasteiger partial charge in [-0.2, -0.15) is 4.98 Å². The van der Waals surface area contributed by atoms with Crippen LogP contribution >= 0.6 is 0 Å². The predicted molar refractivity (Wildman–Crippen MR) is 116 cm³/mol. The molecule has 0 atom stereocenters. The van der Waals surface area contributed by atoms with E-state index in [-0.39, 0.29) is 31.3 Å². The van der Waals surface area contributed by atoms with E-state index in [1.807, 2.05) is 0 Å². The molecule has 1 aromatic carbocycles. The van der Waals surface area contributed by atoms with Gasteiger partial charge in [0.25, 0.3) is 5.91 Å². The van der Waals surface area contributed by atoms with Crippen molar-refractivity contribution in [3.8, 4) is 5.75 Å². The molecule has 3 rings (SSSR count). The first-order chi connectivity index (χ1) is 15.4. The van der Waals surface area contributed by atoms with Crippen molar-refractivity contribution in [1.82, 2.24) is 15.5 Å². The van der Waals surface area contributed by atoms with Crippen LogP contribution in [0.2, 0.25) is 0 Å². The Morgan fingerprint density at radius 1 is 1.12 bits per heavy atom. The second kappa shape index (κ2) is 10.7. The van der Waals surface area contributed by atoms with Crippen LogP contribution in [-0.4, -0.2) is 34.5 Å². The molecule has 1 fully saturated rings. The van der Waals surface area contributed by atoms with Crippen LogP contribution in [-0.2, 0) is 26.3 Å². The van der Waals surface area contributed by atoms with Gasteiger partial charge >= 0.3 is 0 Å². The molecule has 1 aliphatic carbocycles. The highest BCUT2D eigenvalue weighted by atomic mass is 16.5. The average Bonchev–Trinajstić information content (AvgIpc) is 3.11. The van der Waals surface area contributed by atoms with E-state index in [1.54, 1.807) is 24.3 Å². The van der Waals surface area contributed by atoms with Gasteiger partial charge in [-0.1, -0.05) is 30.8 Å². The van der Waals surface area contributed by atoms with Gasteiger partial charge in [-0.3, -0.25) is 14.4 Å². The lowest BCUT2D eigenvalue weighted by Gasteiger charge is -2.30. The zero-order valence-corrected chi connectivity index (χ0v) is 18.2. The Morgan fingerprint density at radius 3 is 2.44 bits per heavy atom. The lowest BCUT2D eigenvalue weighted by Crippen LogP contribution is -2.45. The molecule has 4 N–H and O–H groups in total. The third-order valence-corrected chi connectivity index (χ3v) is 5.35. The summed E-state index contributed by atoms with van der Waals surface area (Å²) in [6, 6.07) is 6.61. The van der Waals surface area contributed by atoms with Crippen LogP contribution in [0, 0.1) is 0 Å². The maximum Gasteiger partial charge on any atom is 0.255 e. The number of aryl methyl sites for hydroxylation is 1. The minimum Gasteiger partial charge on any atom is -0.484 e. The lowest BCUT2D eigenvalue weighted by molar-refractivity contribution is -0.121. The van der Waals surface area contributed by atoms with Crippen LogP contribution in [0.5, 0.6) is 5.75 Å². The molecule has 10 heteroatoms. The van der Waals surface area contributed by atoms with Gasteiger partial charge in [-0.25, -0.2) is 0 Å². The van der Waals surface area contributed by atoms with Crippen LogP contribution in [0.15, 0.2) is 28.8 Å². The summed E-state index contributed by atoms with van der Waals surface area (Å²) in [5, 5.41) is 9.96. The van der Waals surface area contributed by atoms with E-state index in [1.165, 1.54) is 6.92 Å². The van der Waals surface area contributed by atoms with Crippen molar-refractivity contribution in [1.29, 1.82) is 0 Å². The fourth-order valence-corrected chi connectivity index (χ4v) is 3.86. The minimum atomic E-state index is -0.606. The van der Waals surface area contributed by atoms with E-state index in [9.17, 15) is 14.4 Å². The van der Waals surface area contributed by atoms with E-state index >= 15 is 0 Å². The summed E-state index contributed by atoms with van der Waals surface area (Å²) in [6.45, 7) is 1.29. The maximum absolute atomic E-state index is 12.3. The summed E-state index contributed by atoms with van der Waals surface area (Å²) in [5.41, 5.74) is 5.03. The van der Waals surface area contributed by atoms with Crippen molar-refractivity contribution in [3.63, 3.8) is 0 Å². The van der Waals surface area contributed by atoms with Gasteiger partial charge in [0.15, 0.2) is 12.4 Å². The van der Waals surface area contributed by atoms with Crippen molar-refractivity contribution < 1.29 is 23.6 Å². The molecular weight excluding hydrogens is 414 g/mol. The monoisotopic (exact) mass is 443 g/mol. The smallest absolute Gasteiger partial charge is 0.255 e. The van der Waals surface area contributed by atoms with Crippen LogP contribution in [0.4, 0.5) is 5.69 Å². The van der Waals surface area contributed by atoms with Crippen LogP contribution in [0.3, 0.4) is 0 Å². The maximum atomic E-state index is 12.3. The Bertz CT molecular complexity index is 932. The second-order valence-corrected chi connectivity index (χ2v) is 8.02. The lowest BCUT2D eigenvalue weighted by atomic mass is 9.89. The largest absolute Gasteiger partial charge is 0.484 e. The molecule has 1 aromatic heterocycles. The Kier molecular flexibility index (Phi) is 7.80. The van der Waals surface area contributed by atoms with E-state index in [0.717, 1.165) is 38.5 Å². The fraction of sp³-hybridized carbons (Fsp3) is 0.500. The number of carbonyl (C=O) groups excluding carboxylic acids is 3. The number of carbonyl (C=O) groups is 3. The molecular formula is C22H29N5O5. The van der Waals surface area contributed by atoms with Crippen molar-refractivity contribution in [2.24, 2.45) is 5.73 Å². The summed E-state index contributed by atoms with van der Waals surface area (Å²) in [7, 11) is 0. The van der Waals surface area contributed by atoms with Gasteiger partial charge in [0.05, 0.1) is 0 Å². The molecule has 32 heavy (non-hydrogen) atoms. The van der Waals surface area contributed by atoms with Gasteiger partial charge in [-0.05, 0) is 37.1 Å². The third kappa shape index (κ3) is 6.53. The molecule has 0 radical (unpaired) electrons. The standard InChI is InChI=1S/C22H29N5O5/c1-15(28)26-22(12-4-2-3-5-13-22)21-25-20(32-27-21)11-10-19(30)24-16-6-8-17(9-7-16)31-14-18(23)29/h6-9H,2-5,10-14H2,1H3,(H2,23,29)(H,24,30)(H,26,28). The van der Waals surface area contributed by atoms with Crippen LogP contribution < -0.4 is 21.1 Å². The van der Waals surface area contributed by atoms with Crippen molar-refractivity contribution in [2.45, 2.75) is 63.8 Å². The summed E-state index contributed by atoms with van der Waals surface area (Å²) in [6.07, 6.45) is 6.19. The summed E-state index contributed by atoms with van der Waals surface area (Å²) >= 11 is 0. The zero-order chi connectivity index (χ0) is 23.0. The predicted octanol–water partition coefficient (Wildman–Crippen LogP) is 2.19. The van der Waals surface area contributed by atoms with E-state index in [4.69, 9.17) is 15.0 Å². The summed E-state index contributed by atoms with van der Waals surface area (Å²) in [4.78, 5) is 39.4. The van der Waals surface area contributed by atoms with Crippen molar-refractivity contribution in [2.75, 3.05) is 11.9 Å². The van der Waals surface area contributed by atoms with Gasteiger partial charge in [-0.15, -0.1) is 0 Å². The number of benzene rings is 1. The number of primary amides is 1. The number of rotatable bonds is 9. The van der Waals surface area contributed by atoms with E-state index < -0.39 is 11.4 Å². The molecule has 2 aromatic rings. The van der Waals surface area contributed by atoms with Gasteiger partial charge in [0.1, 0.15) is 11.3 Å². The normalized spacial score (nSPS) is 15.4. The quantitative estimate of drug-likeness (QED) is 0.503. The molecule has 0 saturated heterocycles. The third-order valence-electron chi connectivity index (χ3n) is 5.35. The molecule has 1 saturated carbocycles. The first-order valence-electron chi connectivity index (χ1n) is 10.8. The molecule has 0 aliphatic heterocycles. The topological polar surface area (TPSA) is 149 Å². The number of nitrogens with two attached hydrogens (primary N) is 1. The molecule has 0 bridgehead atoms. The van der Waals surface area contributed by atoms with Gasteiger partial charge < -0.3 is 25.6 Å². The molecule has 0 spiro atoms. The second-order valence-electron chi connectivity index (χ2n) is 8.02. The van der Waals surface area contributed by atoms with E-state index in [0.29, 0.717) is 23.2 Å². The Morgan fingerprint density at radius 2 is 1.81 bits per heavy atom. The summed E-state index contributed by atoms with van der Waals surface area (Å²) in [5.74, 6) is 0.432. The Hall–Kier alpha value is -3.43. The summed E-state index contributed by atoms with van der Waals surface area (Å²) < 4.78 is 10.6. The van der Waals surface area contributed by atoms with E-state index in [2.05, 4.69) is 20.8 Å². The van der Waals surface area contributed by atoms with Crippen molar-refractivity contribution in [3.05, 3.63) is 36.0 Å². The molecule has 10 nitrogen and oxygen atoms in total. The Balaban J connectivity index is 1.55. The average molecular weight is 444 g/mol. The first kappa shape index (κ1) is 23.2. The number of amides is 3. The number of hydrogen-bond donors (Lipinski definition) is 3. The number of hydrogen-bond acceptors (Lipinski definition) is 7. The van der Waals surface area contributed by atoms with Gasteiger partial charge in [0, 0.05) is 25.5 Å². The van der Waals surface area contributed by atoms with Crippen LogP contribution in [0.25, 0.3) is 0 Å². The SMILES string of the molecule is CC(=O)NC1(c2noc(CCC(=O)Nc3ccc(OCC(N)=O)cc3)n2)CCCCCC1. The molecule has 172 valence electrons. The van der Waals surface area contributed by atoms with Crippen LogP contribution in [0.1, 0.15) is 63.6 Å². The molecule has 3 amide bonds. The first-order valence-corrected chi connectivity index (χ1v) is 10.8. The van der Waals surface area contributed by atoms with Crippen molar-refractivity contribution >= 4 is 23.4 Å². The number of anilines is 1. The highest BCUT2D eigenvalue weighted by molar-refractivity contribution is 5.90. The number of aromatic nitrogens is 2. The molecule has 1 heterocycles. The number of nitrogens with zero attached hydrogens (tertiary/aromatic N) is 2. The zero-order valence-electron chi connectivity index (χ0n) is 18.2. The van der Waals surface area contributed by atoms with Gasteiger partial charge in [0.2, 0.25) is 17.7 Å².